The van der Waals surface area contributed by atoms with Gasteiger partial charge in [0.2, 0.25) is 0 Å². The molecule has 0 saturated carbocycles. The molecule has 13 heavy (non-hydrogen) atoms. The predicted octanol–water partition coefficient (Wildman–Crippen LogP) is 1.77. The number of carbonyl (C=O) groups is 2. The van der Waals surface area contributed by atoms with Crippen molar-refractivity contribution in [2.45, 2.75) is 34.6 Å². The lowest BCUT2D eigenvalue weighted by Crippen LogP contribution is -1.95. The van der Waals surface area contributed by atoms with Gasteiger partial charge in [0.1, 0.15) is 0 Å². The van der Waals surface area contributed by atoms with Crippen molar-refractivity contribution in [3.05, 3.63) is 0 Å². The summed E-state index contributed by atoms with van der Waals surface area (Å²) in [6.07, 6.45) is 0.469. The first-order valence-electron chi connectivity index (χ1n) is 3.78. The van der Waals surface area contributed by atoms with E-state index >= 15 is 0 Å². The third-order valence-electron chi connectivity index (χ3n) is 0.864. The van der Waals surface area contributed by atoms with E-state index in [0.717, 1.165) is 0 Å². The average Bonchev–Trinajstić information content (AvgIpc) is 2.04. The van der Waals surface area contributed by atoms with Crippen molar-refractivity contribution < 1.29 is 19.1 Å². The Morgan fingerprint density at radius 1 is 1.23 bits per heavy atom. The Morgan fingerprint density at radius 3 is 1.69 bits per heavy atom. The van der Waals surface area contributed by atoms with E-state index in [4.69, 9.17) is 0 Å². The molecule has 0 fully saturated rings. The van der Waals surface area contributed by atoms with Crippen molar-refractivity contribution in [1.82, 2.24) is 0 Å². The minimum atomic E-state index is -0.211. The van der Waals surface area contributed by atoms with Crippen LogP contribution in [0.5, 0.6) is 0 Å². The summed E-state index contributed by atoms with van der Waals surface area (Å²) in [7, 11) is 1.38. The number of carbonyl (C=O) groups excluding carboxylic acids is 2. The molecule has 0 aromatic carbocycles. The zero-order valence-electron chi connectivity index (χ0n) is 8.05. The van der Waals surface area contributed by atoms with Gasteiger partial charge in [-0.05, 0) is 6.92 Å². The second-order valence-electron chi connectivity index (χ2n) is 1.85. The van der Waals surface area contributed by atoms with Crippen LogP contribution in [-0.2, 0) is 19.1 Å². The van der Waals surface area contributed by atoms with Crippen molar-refractivity contribution in [2.24, 2.45) is 0 Å². The fourth-order valence-electron chi connectivity index (χ4n) is 0.348. The van der Waals surface area contributed by atoms with Gasteiger partial charge in [-0.1, -0.05) is 14.4 Å². The van der Waals surface area contributed by atoms with Gasteiger partial charge in [0.05, 0.1) is 13.7 Å². The summed E-state index contributed by atoms with van der Waals surface area (Å²) in [5.41, 5.74) is 0. The van der Waals surface area contributed by atoms with Crippen LogP contribution < -0.4 is 0 Å². The molecule has 0 heterocycles. The molecule has 80 valence electrons. The van der Waals surface area contributed by atoms with E-state index in [2.05, 4.69) is 9.47 Å². The van der Waals surface area contributed by atoms with Gasteiger partial charge in [0, 0.05) is 13.3 Å². The molecule has 0 spiro atoms. The molecule has 0 radical (unpaired) electrons. The highest BCUT2D eigenvalue weighted by Crippen LogP contribution is 1.76. The molecule has 0 atom stereocenters. The van der Waals surface area contributed by atoms with Crippen molar-refractivity contribution in [3.8, 4) is 0 Å². The standard InChI is InChI=1S/2C4H8O2.CH4/c1-3-4(5)6-2;1-3-6-4(2)5;/h2*3H2,1-2H3;1H4. The summed E-state index contributed by atoms with van der Waals surface area (Å²) in [6, 6.07) is 0. The van der Waals surface area contributed by atoms with Crippen molar-refractivity contribution in [3.63, 3.8) is 0 Å². The minimum Gasteiger partial charge on any atom is -0.469 e. The predicted molar refractivity (Wildman–Crippen MR) is 51.3 cm³/mol. The number of ether oxygens (including phenoxy) is 2. The van der Waals surface area contributed by atoms with Gasteiger partial charge in [-0.15, -0.1) is 0 Å². The van der Waals surface area contributed by atoms with Crippen LogP contribution in [0.4, 0.5) is 0 Å². The Morgan fingerprint density at radius 2 is 1.69 bits per heavy atom. The Kier molecular flexibility index (Phi) is 18.6. The van der Waals surface area contributed by atoms with Gasteiger partial charge < -0.3 is 9.47 Å². The quantitative estimate of drug-likeness (QED) is 0.626. The smallest absolute Gasteiger partial charge is 0.305 e. The highest BCUT2D eigenvalue weighted by Gasteiger charge is 1.87. The van der Waals surface area contributed by atoms with E-state index < -0.39 is 0 Å². The molecule has 0 bridgehead atoms. The highest BCUT2D eigenvalue weighted by atomic mass is 16.5. The van der Waals surface area contributed by atoms with Crippen LogP contribution in [0.25, 0.3) is 0 Å². The van der Waals surface area contributed by atoms with Crippen LogP contribution in [0.3, 0.4) is 0 Å². The van der Waals surface area contributed by atoms with Gasteiger partial charge in [0.25, 0.3) is 0 Å². The summed E-state index contributed by atoms with van der Waals surface area (Å²) in [5, 5.41) is 0. The molecule has 0 N–H and O–H groups in total. The van der Waals surface area contributed by atoms with Crippen LogP contribution >= 0.6 is 0 Å². The maximum atomic E-state index is 9.96. The maximum absolute atomic E-state index is 9.96. The molecule has 0 aromatic rings. The monoisotopic (exact) mass is 192 g/mol. The first-order valence-corrected chi connectivity index (χ1v) is 3.78. The Bertz CT molecular complexity index is 126. The van der Waals surface area contributed by atoms with Crippen LogP contribution in [0, 0.1) is 0 Å². The number of methoxy groups -OCH3 is 1. The molecule has 0 amide bonds. The third-order valence-corrected chi connectivity index (χ3v) is 0.864. The second kappa shape index (κ2) is 13.5. The van der Waals surface area contributed by atoms with Crippen LogP contribution in [0.2, 0.25) is 0 Å². The van der Waals surface area contributed by atoms with Gasteiger partial charge in [-0.2, -0.15) is 0 Å². The number of esters is 2. The number of hydrogen-bond acceptors (Lipinski definition) is 4. The lowest BCUT2D eigenvalue weighted by atomic mass is 10.5. The summed E-state index contributed by atoms with van der Waals surface area (Å²) >= 11 is 0. The van der Waals surface area contributed by atoms with Crippen molar-refractivity contribution >= 4 is 11.9 Å². The Balaban J connectivity index is -0.000000143. The van der Waals surface area contributed by atoms with E-state index in [9.17, 15) is 9.59 Å². The molecule has 0 rings (SSSR count). The molecule has 0 aliphatic rings. The van der Waals surface area contributed by atoms with Gasteiger partial charge in [0.15, 0.2) is 0 Å². The highest BCUT2D eigenvalue weighted by molar-refractivity contribution is 5.68. The lowest BCUT2D eigenvalue weighted by Gasteiger charge is -1.89. The topological polar surface area (TPSA) is 52.6 Å². The van der Waals surface area contributed by atoms with Gasteiger partial charge in [-0.3, -0.25) is 9.59 Å². The zero-order chi connectivity index (χ0) is 9.98. The first-order chi connectivity index (χ1) is 5.58. The fourth-order valence-corrected chi connectivity index (χ4v) is 0.348. The lowest BCUT2D eigenvalue weighted by molar-refractivity contribution is -0.141. The van der Waals surface area contributed by atoms with E-state index in [1.165, 1.54) is 14.0 Å². The SMILES string of the molecule is C.CCC(=O)OC.CCOC(C)=O. The number of rotatable bonds is 2. The Hall–Kier alpha value is -1.06. The first kappa shape index (κ1) is 17.9. The largest absolute Gasteiger partial charge is 0.469 e. The normalized spacial score (nSPS) is 7.08. The molecule has 0 aromatic heterocycles. The maximum Gasteiger partial charge on any atom is 0.305 e. The molecule has 0 aliphatic heterocycles. The van der Waals surface area contributed by atoms with E-state index in [1.54, 1.807) is 13.8 Å². The van der Waals surface area contributed by atoms with E-state index in [-0.39, 0.29) is 19.4 Å². The molecule has 0 unspecified atom stereocenters. The zero-order valence-corrected chi connectivity index (χ0v) is 8.05. The van der Waals surface area contributed by atoms with Crippen molar-refractivity contribution in [2.75, 3.05) is 13.7 Å². The fraction of sp³-hybridized carbons (Fsp3) is 0.778. The summed E-state index contributed by atoms with van der Waals surface area (Å²) in [5.74, 6) is -0.368. The van der Waals surface area contributed by atoms with Crippen LogP contribution in [-0.4, -0.2) is 25.7 Å². The molecule has 0 saturated heterocycles. The molecule has 0 aliphatic carbocycles. The molecular weight excluding hydrogens is 172 g/mol. The minimum absolute atomic E-state index is 0. The summed E-state index contributed by atoms with van der Waals surface area (Å²) < 4.78 is 8.66. The summed E-state index contributed by atoms with van der Waals surface area (Å²) in [4.78, 5) is 19.8. The van der Waals surface area contributed by atoms with Crippen LogP contribution in [0.1, 0.15) is 34.6 Å². The molecular formula is C9H20O4. The van der Waals surface area contributed by atoms with Crippen LogP contribution in [0.15, 0.2) is 0 Å². The van der Waals surface area contributed by atoms with Gasteiger partial charge in [-0.25, -0.2) is 0 Å². The van der Waals surface area contributed by atoms with E-state index in [1.807, 2.05) is 0 Å². The number of hydrogen-bond donors (Lipinski definition) is 0. The summed E-state index contributed by atoms with van der Waals surface area (Å²) in [6.45, 7) is 5.41. The average molecular weight is 192 g/mol. The molecule has 4 heteroatoms. The molecule has 4 nitrogen and oxygen atoms in total. The Labute approximate surface area is 80.2 Å². The third kappa shape index (κ3) is 24.8. The second-order valence-corrected chi connectivity index (χ2v) is 1.85. The van der Waals surface area contributed by atoms with Crippen molar-refractivity contribution in [1.29, 1.82) is 0 Å². The van der Waals surface area contributed by atoms with Gasteiger partial charge >= 0.3 is 11.9 Å². The van der Waals surface area contributed by atoms with E-state index in [0.29, 0.717) is 13.0 Å².